The second kappa shape index (κ2) is 8.41. The van der Waals surface area contributed by atoms with Gasteiger partial charge in [0, 0.05) is 0 Å². The number of quaternary nitrogens is 2. The van der Waals surface area contributed by atoms with Gasteiger partial charge in [0.1, 0.15) is 32.7 Å². The molecule has 0 saturated carbocycles. The quantitative estimate of drug-likeness (QED) is 0.557. The second-order valence-electron chi connectivity index (χ2n) is 7.29. The number of piperazine rings is 1. The Kier molecular flexibility index (Phi) is 5.55. The summed E-state index contributed by atoms with van der Waals surface area (Å²) in [5, 5.41) is 11.4. The van der Waals surface area contributed by atoms with E-state index in [-0.39, 0.29) is 17.4 Å². The van der Waals surface area contributed by atoms with Gasteiger partial charge in [-0.25, -0.2) is 0 Å². The monoisotopic (exact) mass is 383 g/mol. The Balaban J connectivity index is 1.32. The fraction of sp³-hybridized carbons (Fsp3) is 0.333. The molecule has 146 valence electrons. The molecule has 28 heavy (non-hydrogen) atoms. The normalized spacial score (nSPS) is 21.1. The minimum atomic E-state index is -0.327. The zero-order chi connectivity index (χ0) is 19.3. The zero-order valence-corrected chi connectivity index (χ0v) is 15.7. The number of hydrogen-bond acceptors (Lipinski definition) is 4. The highest BCUT2D eigenvalue weighted by Gasteiger charge is 2.28. The van der Waals surface area contributed by atoms with Gasteiger partial charge >= 0.3 is 0 Å². The average molecular weight is 383 g/mol. The van der Waals surface area contributed by atoms with Crippen LogP contribution in [0.25, 0.3) is 6.08 Å². The van der Waals surface area contributed by atoms with Crippen LogP contribution in [0.1, 0.15) is 11.1 Å². The molecule has 4 rings (SSSR count). The molecule has 0 aromatic heterocycles. The molecule has 2 aliphatic heterocycles. The SMILES string of the molecule is O=[N+]([O-])c1cc2c(cc1C[NH+]1CC[NH+](C/C=C/c3ccccc3)CC1)OCO2. The summed E-state index contributed by atoms with van der Waals surface area (Å²) in [4.78, 5) is 14.0. The predicted octanol–water partition coefficient (Wildman–Crippen LogP) is 0.320. The number of nitrogens with zero attached hydrogens (tertiary/aromatic N) is 1. The lowest BCUT2D eigenvalue weighted by atomic mass is 10.1. The molecule has 0 atom stereocenters. The molecule has 2 aromatic carbocycles. The first-order chi connectivity index (χ1) is 13.7. The lowest BCUT2D eigenvalue weighted by Gasteiger charge is -2.29. The van der Waals surface area contributed by atoms with Crippen LogP contribution in [0, 0.1) is 10.1 Å². The van der Waals surface area contributed by atoms with Gasteiger partial charge in [0.2, 0.25) is 6.79 Å². The van der Waals surface area contributed by atoms with Gasteiger partial charge in [0.05, 0.1) is 23.1 Å². The summed E-state index contributed by atoms with van der Waals surface area (Å²) >= 11 is 0. The Labute approximate surface area is 163 Å². The number of nitrogens with one attached hydrogen (secondary N) is 2. The third-order valence-corrected chi connectivity index (χ3v) is 5.39. The molecule has 2 heterocycles. The molecular formula is C21H25N3O4+2. The number of nitro groups is 1. The van der Waals surface area contributed by atoms with Crippen LogP contribution in [0.15, 0.2) is 48.5 Å². The van der Waals surface area contributed by atoms with Crippen LogP contribution in [-0.2, 0) is 6.54 Å². The number of benzene rings is 2. The van der Waals surface area contributed by atoms with Crippen molar-refractivity contribution in [3.8, 4) is 11.5 Å². The first kappa shape index (κ1) is 18.5. The first-order valence-electron chi connectivity index (χ1n) is 9.64. The summed E-state index contributed by atoms with van der Waals surface area (Å²) in [6, 6.07) is 13.6. The van der Waals surface area contributed by atoms with E-state index < -0.39 is 0 Å². The highest BCUT2D eigenvalue weighted by molar-refractivity contribution is 5.55. The van der Waals surface area contributed by atoms with Gasteiger partial charge in [-0.3, -0.25) is 10.1 Å². The van der Waals surface area contributed by atoms with E-state index in [2.05, 4.69) is 24.3 Å². The highest BCUT2D eigenvalue weighted by Crippen LogP contribution is 2.37. The Bertz CT molecular complexity index is 861. The van der Waals surface area contributed by atoms with Gasteiger partial charge < -0.3 is 19.3 Å². The van der Waals surface area contributed by atoms with Crippen molar-refractivity contribution < 1.29 is 24.2 Å². The highest BCUT2D eigenvalue weighted by atomic mass is 16.7. The standard InChI is InChI=1S/C21H23N3O4/c25-24(26)19-14-21-20(27-16-28-21)13-18(19)15-23-11-9-22(10-12-23)8-4-7-17-5-2-1-3-6-17/h1-7,13-14H,8-12,15-16H2/p+2/b7-4+. The van der Waals surface area contributed by atoms with E-state index in [4.69, 9.17) is 9.47 Å². The van der Waals surface area contributed by atoms with Crippen molar-refractivity contribution in [2.24, 2.45) is 0 Å². The molecule has 2 aliphatic rings. The molecule has 0 bridgehead atoms. The van der Waals surface area contributed by atoms with Gasteiger partial charge in [-0.15, -0.1) is 0 Å². The Morgan fingerprint density at radius 3 is 2.39 bits per heavy atom. The van der Waals surface area contributed by atoms with Crippen LogP contribution in [0.3, 0.4) is 0 Å². The summed E-state index contributed by atoms with van der Waals surface area (Å²) in [7, 11) is 0. The molecule has 2 aromatic rings. The van der Waals surface area contributed by atoms with Gasteiger partial charge in [-0.1, -0.05) is 36.4 Å². The summed E-state index contributed by atoms with van der Waals surface area (Å²) in [6.07, 6.45) is 4.40. The Morgan fingerprint density at radius 2 is 1.68 bits per heavy atom. The van der Waals surface area contributed by atoms with E-state index in [1.165, 1.54) is 16.5 Å². The van der Waals surface area contributed by atoms with Crippen molar-refractivity contribution in [3.63, 3.8) is 0 Å². The molecule has 1 fully saturated rings. The topological polar surface area (TPSA) is 70.5 Å². The molecule has 0 unspecified atom stereocenters. The zero-order valence-electron chi connectivity index (χ0n) is 15.7. The summed E-state index contributed by atoms with van der Waals surface area (Å²) in [5.41, 5.74) is 2.07. The average Bonchev–Trinajstić information content (AvgIpc) is 3.17. The van der Waals surface area contributed by atoms with Crippen LogP contribution in [-0.4, -0.2) is 44.4 Å². The lowest BCUT2D eigenvalue weighted by Crippen LogP contribution is -3.27. The third kappa shape index (κ3) is 4.32. The van der Waals surface area contributed by atoms with Crippen LogP contribution < -0.4 is 19.3 Å². The van der Waals surface area contributed by atoms with Gasteiger partial charge in [0.25, 0.3) is 5.69 Å². The third-order valence-electron chi connectivity index (χ3n) is 5.39. The molecule has 7 nitrogen and oxygen atoms in total. The molecule has 1 saturated heterocycles. The Hall–Kier alpha value is -2.90. The smallest absolute Gasteiger partial charge is 0.282 e. The maximum Gasteiger partial charge on any atom is 0.282 e. The molecule has 0 aliphatic carbocycles. The number of nitro benzene ring substituents is 1. The van der Waals surface area contributed by atoms with Crippen LogP contribution >= 0.6 is 0 Å². The van der Waals surface area contributed by atoms with Gasteiger partial charge in [-0.2, -0.15) is 0 Å². The summed E-state index contributed by atoms with van der Waals surface area (Å²) < 4.78 is 10.7. The molecule has 0 radical (unpaired) electrons. The van der Waals surface area contributed by atoms with Crippen LogP contribution in [0.4, 0.5) is 5.69 Å². The number of hydrogen-bond donors (Lipinski definition) is 2. The fourth-order valence-corrected chi connectivity index (χ4v) is 3.82. The largest absolute Gasteiger partial charge is 0.454 e. The number of ether oxygens (including phenoxy) is 2. The van der Waals surface area contributed by atoms with Gasteiger partial charge in [-0.05, 0) is 17.7 Å². The van der Waals surface area contributed by atoms with Crippen molar-refractivity contribution >= 4 is 11.8 Å². The van der Waals surface area contributed by atoms with E-state index in [1.54, 1.807) is 11.0 Å². The molecule has 2 N–H and O–H groups in total. The summed E-state index contributed by atoms with van der Waals surface area (Å²) in [6.45, 7) is 5.90. The predicted molar refractivity (Wildman–Crippen MR) is 105 cm³/mol. The maximum absolute atomic E-state index is 11.4. The molecule has 0 spiro atoms. The van der Waals surface area contributed by atoms with Gasteiger partial charge in [0.15, 0.2) is 11.5 Å². The lowest BCUT2D eigenvalue weighted by molar-refractivity contribution is -1.02. The minimum Gasteiger partial charge on any atom is -0.454 e. The van der Waals surface area contributed by atoms with Crippen molar-refractivity contribution in [2.45, 2.75) is 6.54 Å². The van der Waals surface area contributed by atoms with E-state index >= 15 is 0 Å². The minimum absolute atomic E-state index is 0.123. The Morgan fingerprint density at radius 1 is 1.00 bits per heavy atom. The maximum atomic E-state index is 11.4. The summed E-state index contributed by atoms with van der Waals surface area (Å²) in [5.74, 6) is 1.07. The van der Waals surface area contributed by atoms with E-state index in [0.29, 0.717) is 18.0 Å². The van der Waals surface area contributed by atoms with E-state index in [9.17, 15) is 10.1 Å². The van der Waals surface area contributed by atoms with Crippen LogP contribution in [0.2, 0.25) is 0 Å². The van der Waals surface area contributed by atoms with Crippen molar-refractivity contribution in [1.29, 1.82) is 0 Å². The van der Waals surface area contributed by atoms with Crippen molar-refractivity contribution in [2.75, 3.05) is 39.5 Å². The molecule has 7 heteroatoms. The number of rotatable bonds is 6. The second-order valence-corrected chi connectivity index (χ2v) is 7.29. The van der Waals surface area contributed by atoms with E-state index in [0.717, 1.165) is 38.3 Å². The van der Waals surface area contributed by atoms with Crippen LogP contribution in [0.5, 0.6) is 11.5 Å². The fourth-order valence-electron chi connectivity index (χ4n) is 3.82. The van der Waals surface area contributed by atoms with Crippen molar-refractivity contribution in [3.05, 3.63) is 69.8 Å². The molecule has 0 amide bonds. The van der Waals surface area contributed by atoms with Crippen molar-refractivity contribution in [1.82, 2.24) is 0 Å². The molecular weight excluding hydrogens is 358 g/mol. The first-order valence-corrected chi connectivity index (χ1v) is 9.64. The number of fused-ring (bicyclic) bond motifs is 1. The van der Waals surface area contributed by atoms with E-state index in [1.807, 2.05) is 18.2 Å².